The summed E-state index contributed by atoms with van der Waals surface area (Å²) < 4.78 is 44.5. The lowest BCUT2D eigenvalue weighted by Crippen LogP contribution is -2.62. The minimum absolute atomic E-state index is 0.137. The molecule has 36 heavy (non-hydrogen) atoms. The van der Waals surface area contributed by atoms with E-state index in [0.717, 1.165) is 10.1 Å². The van der Waals surface area contributed by atoms with Crippen molar-refractivity contribution in [3.8, 4) is 0 Å². The number of halogens is 3. The molecule has 0 spiro atoms. The van der Waals surface area contributed by atoms with Gasteiger partial charge in [-0.15, -0.1) is 0 Å². The van der Waals surface area contributed by atoms with Crippen molar-refractivity contribution < 1.29 is 22.8 Å². The summed E-state index contributed by atoms with van der Waals surface area (Å²) >= 11 is 0. The summed E-state index contributed by atoms with van der Waals surface area (Å²) in [5, 5.41) is 3.77. The summed E-state index contributed by atoms with van der Waals surface area (Å²) in [7, 11) is 0. The number of hydrogen-bond donors (Lipinski definition) is 3. The molecule has 0 bridgehead atoms. The monoisotopic (exact) mass is 500 g/mol. The standard InChI is InChI=1S/C25H23F3N4O4/c1-23(2,3)16-11-9-15(10-12-16)19(33)31-24(25(26,27)28)17-18(29-21(24)35)32(22(36)30-20(17)34)13-14-7-5-4-6-8-14/h4-12H,13H2,1-3H3,(H,29,35)(H,31,33)(H,30,34,36)/t24-/m1/s1. The van der Waals surface area contributed by atoms with Crippen LogP contribution in [-0.2, 0) is 22.3 Å². The fourth-order valence-electron chi connectivity index (χ4n) is 4.11. The van der Waals surface area contributed by atoms with Crippen LogP contribution in [0.1, 0.15) is 47.8 Å². The minimum Gasteiger partial charge on any atom is -0.326 e. The van der Waals surface area contributed by atoms with E-state index >= 15 is 0 Å². The van der Waals surface area contributed by atoms with Gasteiger partial charge in [0.05, 0.1) is 6.54 Å². The van der Waals surface area contributed by atoms with Crippen LogP contribution in [0.15, 0.2) is 64.2 Å². The number of H-pyrrole nitrogens is 1. The Morgan fingerprint density at radius 3 is 2.14 bits per heavy atom. The first-order valence-electron chi connectivity index (χ1n) is 11.0. The van der Waals surface area contributed by atoms with E-state index < -0.39 is 46.2 Å². The number of benzene rings is 2. The summed E-state index contributed by atoms with van der Waals surface area (Å²) in [4.78, 5) is 52.9. The molecule has 2 amide bonds. The van der Waals surface area contributed by atoms with Gasteiger partial charge in [0.2, 0.25) is 0 Å². The predicted octanol–water partition coefficient (Wildman–Crippen LogP) is 3.02. The highest BCUT2D eigenvalue weighted by molar-refractivity contribution is 6.09. The molecule has 3 N–H and O–H groups in total. The number of nitrogens with one attached hydrogen (secondary N) is 3. The molecule has 0 saturated carbocycles. The maximum atomic E-state index is 14.6. The SMILES string of the molecule is CC(C)(C)c1ccc(C(=O)N[C@@]2(C(F)(F)F)C(=O)Nc3c2c(=O)[nH]c(=O)n3Cc2ccccc2)cc1. The number of amides is 2. The number of carbonyl (C=O) groups is 2. The maximum absolute atomic E-state index is 14.6. The van der Waals surface area contributed by atoms with E-state index in [1.807, 2.05) is 31.1 Å². The second-order valence-electron chi connectivity index (χ2n) is 9.54. The van der Waals surface area contributed by atoms with Crippen LogP contribution in [0.5, 0.6) is 0 Å². The first kappa shape index (κ1) is 25.0. The number of hydrogen-bond acceptors (Lipinski definition) is 4. The van der Waals surface area contributed by atoms with E-state index in [9.17, 15) is 32.3 Å². The van der Waals surface area contributed by atoms with Crippen molar-refractivity contribution >= 4 is 17.6 Å². The van der Waals surface area contributed by atoms with Gasteiger partial charge in [-0.05, 0) is 28.7 Å². The molecule has 1 aliphatic rings. The number of aromatic nitrogens is 2. The number of rotatable bonds is 4. The molecule has 1 aromatic heterocycles. The molecule has 2 aromatic carbocycles. The van der Waals surface area contributed by atoms with E-state index in [1.165, 1.54) is 12.1 Å². The third-order valence-electron chi connectivity index (χ3n) is 6.07. The summed E-state index contributed by atoms with van der Waals surface area (Å²) in [5.74, 6) is -3.53. The lowest BCUT2D eigenvalue weighted by molar-refractivity contribution is -0.196. The van der Waals surface area contributed by atoms with Gasteiger partial charge >= 0.3 is 11.9 Å². The highest BCUT2D eigenvalue weighted by atomic mass is 19.4. The Bertz CT molecular complexity index is 1450. The van der Waals surface area contributed by atoms with Crippen molar-refractivity contribution in [3.05, 3.63) is 97.7 Å². The fraction of sp³-hybridized carbons (Fsp3) is 0.280. The zero-order valence-electron chi connectivity index (χ0n) is 19.6. The van der Waals surface area contributed by atoms with Crippen molar-refractivity contribution in [2.75, 3.05) is 5.32 Å². The molecule has 0 unspecified atom stereocenters. The Morgan fingerprint density at radius 1 is 0.972 bits per heavy atom. The average molecular weight is 500 g/mol. The van der Waals surface area contributed by atoms with Crippen molar-refractivity contribution in [2.45, 2.75) is 44.4 Å². The van der Waals surface area contributed by atoms with Crippen molar-refractivity contribution in [2.24, 2.45) is 0 Å². The first-order valence-corrected chi connectivity index (χ1v) is 11.0. The maximum Gasteiger partial charge on any atom is 0.425 e. The van der Waals surface area contributed by atoms with Gasteiger partial charge in [0.15, 0.2) is 0 Å². The second-order valence-corrected chi connectivity index (χ2v) is 9.54. The lowest BCUT2D eigenvalue weighted by Gasteiger charge is -2.30. The molecule has 11 heteroatoms. The quantitative estimate of drug-likeness (QED) is 0.511. The highest BCUT2D eigenvalue weighted by Crippen LogP contribution is 2.45. The largest absolute Gasteiger partial charge is 0.425 e. The number of carbonyl (C=O) groups excluding carboxylic acids is 2. The Balaban J connectivity index is 1.84. The number of anilines is 1. The summed E-state index contributed by atoms with van der Waals surface area (Å²) in [6.07, 6.45) is -5.41. The number of nitrogens with zero attached hydrogens (tertiary/aromatic N) is 1. The van der Waals surface area contributed by atoms with Crippen LogP contribution in [0.25, 0.3) is 0 Å². The van der Waals surface area contributed by atoms with Crippen molar-refractivity contribution in [1.82, 2.24) is 14.9 Å². The molecule has 0 saturated heterocycles. The van der Waals surface area contributed by atoms with E-state index in [1.54, 1.807) is 47.8 Å². The van der Waals surface area contributed by atoms with Gasteiger partial charge in [-0.1, -0.05) is 63.2 Å². The Kier molecular flexibility index (Phi) is 5.90. The number of alkyl halides is 3. The molecule has 8 nitrogen and oxygen atoms in total. The van der Waals surface area contributed by atoms with Crippen molar-refractivity contribution in [3.63, 3.8) is 0 Å². The molecule has 0 radical (unpaired) electrons. The third-order valence-corrected chi connectivity index (χ3v) is 6.07. The van der Waals surface area contributed by atoms with Gasteiger partial charge in [0.25, 0.3) is 22.9 Å². The number of aromatic amines is 1. The molecule has 3 aromatic rings. The van der Waals surface area contributed by atoms with E-state index in [2.05, 4.69) is 0 Å². The lowest BCUT2D eigenvalue weighted by atomic mass is 9.86. The average Bonchev–Trinajstić information content (AvgIpc) is 3.10. The topological polar surface area (TPSA) is 113 Å². The van der Waals surface area contributed by atoms with Crippen LogP contribution >= 0.6 is 0 Å². The van der Waals surface area contributed by atoms with E-state index in [-0.39, 0.29) is 17.5 Å². The van der Waals surface area contributed by atoms with Crippen LogP contribution in [0, 0.1) is 0 Å². The smallest absolute Gasteiger partial charge is 0.326 e. The minimum atomic E-state index is -5.41. The fourth-order valence-corrected chi connectivity index (χ4v) is 4.11. The van der Waals surface area contributed by atoms with Crippen molar-refractivity contribution in [1.29, 1.82) is 0 Å². The van der Waals surface area contributed by atoms with Crippen LogP contribution < -0.4 is 21.9 Å². The zero-order chi connectivity index (χ0) is 26.5. The molecular weight excluding hydrogens is 477 g/mol. The number of fused-ring (bicyclic) bond motifs is 1. The van der Waals surface area contributed by atoms with Crippen LogP contribution in [0.4, 0.5) is 19.0 Å². The van der Waals surface area contributed by atoms with E-state index in [0.29, 0.717) is 5.56 Å². The molecule has 4 rings (SSSR count). The van der Waals surface area contributed by atoms with E-state index in [4.69, 9.17) is 0 Å². The molecular formula is C25H23F3N4O4. The Hall–Kier alpha value is -4.15. The van der Waals surface area contributed by atoms with Gasteiger partial charge in [-0.3, -0.25) is 23.9 Å². The molecule has 1 aliphatic heterocycles. The molecule has 2 heterocycles. The van der Waals surface area contributed by atoms with Gasteiger partial charge in [-0.25, -0.2) is 4.79 Å². The van der Waals surface area contributed by atoms with Gasteiger partial charge in [-0.2, -0.15) is 13.2 Å². The first-order chi connectivity index (χ1) is 16.8. The van der Waals surface area contributed by atoms with Gasteiger partial charge in [0, 0.05) is 5.56 Å². The van der Waals surface area contributed by atoms with Crippen LogP contribution in [0.2, 0.25) is 0 Å². The van der Waals surface area contributed by atoms with Crippen LogP contribution in [0.3, 0.4) is 0 Å². The predicted molar refractivity (Wildman–Crippen MR) is 126 cm³/mol. The normalized spacial score (nSPS) is 17.4. The Morgan fingerprint density at radius 2 is 1.58 bits per heavy atom. The summed E-state index contributed by atoms with van der Waals surface area (Å²) in [6, 6.07) is 14.2. The third kappa shape index (κ3) is 4.10. The molecule has 188 valence electrons. The Labute approximate surface area is 203 Å². The molecule has 1 atom stereocenters. The summed E-state index contributed by atoms with van der Waals surface area (Å²) in [5.41, 5.74) is -6.27. The highest BCUT2D eigenvalue weighted by Gasteiger charge is 2.68. The second kappa shape index (κ2) is 8.51. The summed E-state index contributed by atoms with van der Waals surface area (Å²) in [6.45, 7) is 5.57. The van der Waals surface area contributed by atoms with Gasteiger partial charge in [0.1, 0.15) is 11.4 Å². The van der Waals surface area contributed by atoms with Crippen LogP contribution in [-0.4, -0.2) is 27.5 Å². The zero-order valence-corrected chi connectivity index (χ0v) is 19.6. The van der Waals surface area contributed by atoms with Gasteiger partial charge < -0.3 is 10.6 Å². The molecule has 0 aliphatic carbocycles. The molecule has 0 fully saturated rings.